The fraction of sp³-hybridized carbons (Fsp3) is 0.456. The number of aromatic amines is 1. The maximum atomic E-state index is 12.6. The van der Waals surface area contributed by atoms with Gasteiger partial charge in [-0.15, -0.1) is 0 Å². The van der Waals surface area contributed by atoms with Crippen LogP contribution in [0.3, 0.4) is 0 Å². The summed E-state index contributed by atoms with van der Waals surface area (Å²) < 4.78 is 18.1. The first-order chi connectivity index (χ1) is 43.4. The van der Waals surface area contributed by atoms with Gasteiger partial charge in [0, 0.05) is 63.8 Å². The Kier molecular flexibility index (Phi) is 29.6. The molecule has 4 aliphatic heterocycles. The number of carbonyl (C=O) groups excluding carboxylic acids is 13. The molecule has 4 saturated heterocycles. The molecule has 11 amide bonds. The van der Waals surface area contributed by atoms with E-state index < -0.39 is 134 Å². The molecule has 4 unspecified atom stereocenters. The van der Waals surface area contributed by atoms with Gasteiger partial charge in [0.1, 0.15) is 46.3 Å². The van der Waals surface area contributed by atoms with E-state index >= 15 is 0 Å². The number of amides is 11. The number of likely N-dealkylation sites (tertiary alicyclic amines) is 3. The van der Waals surface area contributed by atoms with Crippen LogP contribution in [-0.2, 0) is 52.6 Å². The molecular formula is C57H66BrN12NaO25. The number of nitrogens with zero attached hydrogens (tertiary/aromatic N) is 10. The van der Waals surface area contributed by atoms with Gasteiger partial charge in [0.15, 0.2) is 23.0 Å². The second-order valence-electron chi connectivity index (χ2n) is 23.3. The topological polar surface area (TPSA) is 526 Å². The SMILES string of the molecule is CC(=O)c1cc(=O)[nH]cn1.CC(=O)c1cc(=O)n(C2CCC(=O)N(C(=O)OC(C)(C)C)C2=O)cn1.CC(C)(C)OC(=O)N1C(=O)CCC(Br)C1=O.CC(C)(C)OC(=O)N1C(=O)CCC(n2cnc(C(=O)O)cc2=O)C1=O.O=C1CCC(n2cnc(C(=O)O)cc2=O)C(=O)N1.[Na+].[OH-]. The third-order valence-corrected chi connectivity index (χ3v) is 13.3. The molecule has 0 spiro atoms. The maximum Gasteiger partial charge on any atom is 1.00 e. The summed E-state index contributed by atoms with van der Waals surface area (Å²) in [7, 11) is 0. The Hall–Kier alpha value is -9.79. The molecule has 512 valence electrons. The number of aromatic nitrogens is 8. The van der Waals surface area contributed by atoms with E-state index in [2.05, 4.69) is 46.2 Å². The number of carboxylic acid groups (broad SMARTS) is 2. The van der Waals surface area contributed by atoms with Crippen molar-refractivity contribution in [2.24, 2.45) is 0 Å². The molecular weight excluding hydrogens is 1360 g/mol. The number of rotatable bonds is 7. The van der Waals surface area contributed by atoms with Crippen molar-refractivity contribution in [3.8, 4) is 0 Å². The number of nitrogens with one attached hydrogen (secondary N) is 2. The Bertz CT molecular complexity index is 3860. The number of carbonyl (C=O) groups is 15. The van der Waals surface area contributed by atoms with Crippen molar-refractivity contribution in [2.75, 3.05) is 0 Å². The van der Waals surface area contributed by atoms with Gasteiger partial charge >= 0.3 is 59.8 Å². The molecule has 37 nitrogen and oxygen atoms in total. The molecule has 5 N–H and O–H groups in total. The summed E-state index contributed by atoms with van der Waals surface area (Å²) in [6, 6.07) is 0.757. The van der Waals surface area contributed by atoms with E-state index in [4.69, 9.17) is 24.4 Å². The number of H-pyrrole nitrogens is 1. The number of Topliss-reactive ketones (excluding diaryl/α,β-unsaturated/α-hetero) is 2. The molecule has 0 aliphatic carbocycles. The van der Waals surface area contributed by atoms with E-state index in [-0.39, 0.29) is 120 Å². The minimum atomic E-state index is -1.38. The molecule has 0 bridgehead atoms. The fourth-order valence-corrected chi connectivity index (χ4v) is 8.60. The molecule has 4 fully saturated rings. The van der Waals surface area contributed by atoms with E-state index in [0.717, 1.165) is 50.9 Å². The second-order valence-corrected chi connectivity index (χ2v) is 24.4. The molecule has 8 rings (SSSR count). The van der Waals surface area contributed by atoms with Crippen molar-refractivity contribution in [2.45, 2.75) is 167 Å². The molecule has 0 radical (unpaired) electrons. The number of ketones is 2. The Morgan fingerprint density at radius 2 is 0.802 bits per heavy atom. The number of aromatic carboxylic acids is 2. The van der Waals surface area contributed by atoms with Crippen molar-refractivity contribution in [3.05, 3.63) is 114 Å². The van der Waals surface area contributed by atoms with Crippen LogP contribution in [0.1, 0.15) is 188 Å². The van der Waals surface area contributed by atoms with Crippen molar-refractivity contribution in [1.29, 1.82) is 0 Å². The molecule has 0 aromatic carbocycles. The number of alkyl halides is 1. The van der Waals surface area contributed by atoms with Crippen LogP contribution in [-0.4, -0.2) is 180 Å². The van der Waals surface area contributed by atoms with Crippen LogP contribution in [0.5, 0.6) is 0 Å². The quantitative estimate of drug-likeness (QED) is 0.0578. The summed E-state index contributed by atoms with van der Waals surface area (Å²) in [4.78, 5) is 238. The molecule has 0 saturated carbocycles. The van der Waals surface area contributed by atoms with E-state index in [1.807, 2.05) is 0 Å². The van der Waals surface area contributed by atoms with Crippen molar-refractivity contribution in [1.82, 2.24) is 58.6 Å². The number of imide groups is 10. The van der Waals surface area contributed by atoms with Gasteiger partial charge in [-0.05, 0) is 88.0 Å². The van der Waals surface area contributed by atoms with Gasteiger partial charge in [0.05, 0.1) is 30.1 Å². The minimum Gasteiger partial charge on any atom is -0.870 e. The second kappa shape index (κ2) is 34.6. The Balaban J connectivity index is 0.000000418. The first-order valence-electron chi connectivity index (χ1n) is 28.0. The maximum absolute atomic E-state index is 12.6. The van der Waals surface area contributed by atoms with Crippen LogP contribution >= 0.6 is 15.9 Å². The largest absolute Gasteiger partial charge is 1.00 e. The number of hydrogen-bond acceptors (Lipinski definition) is 27. The van der Waals surface area contributed by atoms with Crippen LogP contribution in [0.25, 0.3) is 0 Å². The summed E-state index contributed by atoms with van der Waals surface area (Å²) in [5.41, 5.74) is -5.53. The average Bonchev–Trinajstić information content (AvgIpc) is 0.801. The van der Waals surface area contributed by atoms with Crippen molar-refractivity contribution >= 4 is 105 Å². The molecule has 4 aliphatic rings. The summed E-state index contributed by atoms with van der Waals surface area (Å²) in [6.45, 7) is 17.2. The summed E-state index contributed by atoms with van der Waals surface area (Å²) >= 11 is 3.12. The summed E-state index contributed by atoms with van der Waals surface area (Å²) in [5.74, 6) is -8.50. The van der Waals surface area contributed by atoms with Gasteiger partial charge in [0.2, 0.25) is 29.5 Å². The molecule has 8 heterocycles. The fourth-order valence-electron chi connectivity index (χ4n) is 8.16. The standard InChI is InChI=1S/C16H19N3O6.C15H17N3O7.C10H14BrNO4.C10H9N3O5.C6H6N2O2.Na.H2O/c1-9(20)10-7-13(22)18(8-17-10)11-5-6-12(21)19(14(11)23)15(24)25-16(2,3)4;1-15(2,3)25-14(24)18-10(19)5-4-9(12(18)21)17-7-16-8(13(22)23)6-11(17)20;1-10(2,3)16-9(15)12-7(13)5-4-6(11)8(12)14;14-7-2-1-6(9(16)12-7)13-4-11-5(10(17)18)3-8(13)15;1-4(9)5-2-6(10)8-3-7-5;;/h7-8,11H,5-6H2,1-4H3;6-7,9H,4-5H2,1-3H3,(H,22,23);6H,4-5H2,1-3H3;3-4,6H,1-2H2,(H,17,18)(H,12,14,16);2-3H,1H3,(H,7,8,10);;1H2/q;;;;;+1;/p-1. The van der Waals surface area contributed by atoms with E-state index in [0.29, 0.717) is 21.1 Å². The summed E-state index contributed by atoms with van der Waals surface area (Å²) in [6.07, 6.45) is 1.81. The third-order valence-electron chi connectivity index (χ3n) is 12.4. The van der Waals surface area contributed by atoms with Crippen LogP contribution in [0.4, 0.5) is 14.4 Å². The monoisotopic (exact) mass is 1420 g/mol. The van der Waals surface area contributed by atoms with Gasteiger partial charge in [0.25, 0.3) is 40.0 Å². The molecule has 96 heavy (non-hydrogen) atoms. The van der Waals surface area contributed by atoms with Crippen molar-refractivity contribution < 1.29 is 131 Å². The predicted octanol–water partition coefficient (Wildman–Crippen LogP) is -0.809. The van der Waals surface area contributed by atoms with Gasteiger partial charge in [-0.3, -0.25) is 86.1 Å². The van der Waals surface area contributed by atoms with Crippen molar-refractivity contribution in [3.63, 3.8) is 0 Å². The van der Waals surface area contributed by atoms with Crippen LogP contribution in [0.2, 0.25) is 0 Å². The van der Waals surface area contributed by atoms with Gasteiger partial charge in [-0.1, -0.05) is 15.9 Å². The minimum absolute atomic E-state index is 0. The number of ether oxygens (including phenoxy) is 3. The normalized spacial score (nSPS) is 17.8. The number of piperidine rings is 4. The molecule has 4 aromatic rings. The van der Waals surface area contributed by atoms with E-state index in [1.165, 1.54) is 26.2 Å². The third kappa shape index (κ3) is 23.3. The predicted molar refractivity (Wildman–Crippen MR) is 320 cm³/mol. The zero-order valence-corrected chi connectivity index (χ0v) is 57.3. The van der Waals surface area contributed by atoms with Gasteiger partial charge in [-0.2, -0.15) is 14.7 Å². The Morgan fingerprint density at radius 1 is 0.479 bits per heavy atom. The number of carboxylic acids is 2. The summed E-state index contributed by atoms with van der Waals surface area (Å²) in [5, 5.41) is 19.6. The van der Waals surface area contributed by atoms with Crippen LogP contribution in [0.15, 0.2) is 68.8 Å². The average molecular weight is 1420 g/mol. The van der Waals surface area contributed by atoms with Crippen LogP contribution < -0.4 is 57.1 Å². The zero-order chi connectivity index (χ0) is 71.2. The number of halogens is 1. The Labute approximate surface area is 573 Å². The number of hydrogen-bond donors (Lipinski definition) is 4. The Morgan fingerprint density at radius 3 is 1.12 bits per heavy atom. The van der Waals surface area contributed by atoms with Crippen LogP contribution in [0, 0.1) is 0 Å². The first-order valence-corrected chi connectivity index (χ1v) is 28.9. The first kappa shape index (κ1) is 82.3. The zero-order valence-electron chi connectivity index (χ0n) is 53.8. The molecule has 39 heteroatoms. The van der Waals surface area contributed by atoms with E-state index in [9.17, 15) is 91.1 Å². The molecule has 4 atom stereocenters. The van der Waals surface area contributed by atoms with Gasteiger partial charge in [-0.25, -0.2) is 43.9 Å². The molecule has 4 aromatic heterocycles. The van der Waals surface area contributed by atoms with Gasteiger partial charge < -0.3 is 34.9 Å². The van der Waals surface area contributed by atoms with E-state index in [1.54, 1.807) is 62.3 Å². The smallest absolute Gasteiger partial charge is 0.870 e.